The number of nitrogens with zero attached hydrogens (tertiary/aromatic N) is 2. The van der Waals surface area contributed by atoms with Crippen molar-refractivity contribution in [1.82, 2.24) is 15.1 Å². The standard InChI is InChI=1S/C11H21N3/c1-3-4-5-6-8-12-10-11-7-9-14(2)13-11/h7,9,12H,3-6,8,10H2,1-2H3. The SMILES string of the molecule is CCCCCCNCc1ccn(C)n1. The number of hydrogen-bond donors (Lipinski definition) is 1. The third-order valence-electron chi connectivity index (χ3n) is 2.28. The van der Waals surface area contributed by atoms with Crippen LogP contribution in [0.5, 0.6) is 0 Å². The zero-order valence-corrected chi connectivity index (χ0v) is 9.29. The fraction of sp³-hybridized carbons (Fsp3) is 0.727. The molecule has 0 saturated heterocycles. The van der Waals surface area contributed by atoms with E-state index in [1.165, 1.54) is 25.7 Å². The molecule has 0 unspecified atom stereocenters. The second-order valence-electron chi connectivity index (χ2n) is 3.72. The van der Waals surface area contributed by atoms with Crippen LogP contribution in [-0.2, 0) is 13.6 Å². The molecule has 1 N–H and O–H groups in total. The summed E-state index contributed by atoms with van der Waals surface area (Å²) >= 11 is 0. The number of nitrogens with one attached hydrogen (secondary N) is 1. The number of aromatic nitrogens is 2. The van der Waals surface area contributed by atoms with Crippen LogP contribution in [0, 0.1) is 0 Å². The minimum Gasteiger partial charge on any atom is -0.311 e. The first-order valence-corrected chi connectivity index (χ1v) is 5.52. The smallest absolute Gasteiger partial charge is 0.0762 e. The lowest BCUT2D eigenvalue weighted by atomic mass is 10.2. The van der Waals surface area contributed by atoms with E-state index in [1.54, 1.807) is 0 Å². The molecule has 0 bridgehead atoms. The summed E-state index contributed by atoms with van der Waals surface area (Å²) in [5, 5.41) is 7.70. The average Bonchev–Trinajstić information content (AvgIpc) is 2.58. The van der Waals surface area contributed by atoms with Crippen molar-refractivity contribution in [2.24, 2.45) is 7.05 Å². The molecule has 1 aromatic heterocycles. The molecule has 1 heterocycles. The van der Waals surface area contributed by atoms with E-state index < -0.39 is 0 Å². The van der Waals surface area contributed by atoms with Gasteiger partial charge in [0.1, 0.15) is 0 Å². The molecule has 1 aromatic rings. The van der Waals surface area contributed by atoms with Crippen molar-refractivity contribution in [3.05, 3.63) is 18.0 Å². The van der Waals surface area contributed by atoms with Crippen LogP contribution in [0.1, 0.15) is 38.3 Å². The van der Waals surface area contributed by atoms with Gasteiger partial charge in [0.25, 0.3) is 0 Å². The van der Waals surface area contributed by atoms with Gasteiger partial charge in [0.05, 0.1) is 5.69 Å². The van der Waals surface area contributed by atoms with Crippen molar-refractivity contribution >= 4 is 0 Å². The summed E-state index contributed by atoms with van der Waals surface area (Å²) in [6.07, 6.45) is 7.26. The zero-order valence-electron chi connectivity index (χ0n) is 9.29. The highest BCUT2D eigenvalue weighted by Gasteiger charge is 1.95. The molecule has 1 rings (SSSR count). The lowest BCUT2D eigenvalue weighted by Gasteiger charge is -2.01. The quantitative estimate of drug-likeness (QED) is 0.675. The monoisotopic (exact) mass is 195 g/mol. The highest BCUT2D eigenvalue weighted by atomic mass is 15.3. The summed E-state index contributed by atoms with van der Waals surface area (Å²) in [7, 11) is 1.95. The van der Waals surface area contributed by atoms with Crippen molar-refractivity contribution in [3.63, 3.8) is 0 Å². The molecule has 0 atom stereocenters. The summed E-state index contributed by atoms with van der Waals surface area (Å²) in [6.45, 7) is 4.24. The maximum atomic E-state index is 4.30. The molecule has 0 spiro atoms. The van der Waals surface area contributed by atoms with Gasteiger partial charge in [-0.15, -0.1) is 0 Å². The van der Waals surface area contributed by atoms with Gasteiger partial charge in [0.2, 0.25) is 0 Å². The molecular weight excluding hydrogens is 174 g/mol. The normalized spacial score (nSPS) is 10.7. The van der Waals surface area contributed by atoms with Crippen LogP contribution in [0.4, 0.5) is 0 Å². The Balaban J connectivity index is 1.99. The third kappa shape index (κ3) is 4.42. The fourth-order valence-corrected chi connectivity index (χ4v) is 1.45. The first-order valence-electron chi connectivity index (χ1n) is 5.52. The Kier molecular flexibility index (Phi) is 5.30. The number of rotatable bonds is 7. The van der Waals surface area contributed by atoms with E-state index in [0.717, 1.165) is 18.8 Å². The first-order chi connectivity index (χ1) is 6.83. The van der Waals surface area contributed by atoms with Gasteiger partial charge in [-0.25, -0.2) is 0 Å². The summed E-state index contributed by atoms with van der Waals surface area (Å²) < 4.78 is 1.84. The lowest BCUT2D eigenvalue weighted by molar-refractivity contribution is 0.588. The number of unbranched alkanes of at least 4 members (excludes halogenated alkanes) is 3. The number of hydrogen-bond acceptors (Lipinski definition) is 2. The van der Waals surface area contributed by atoms with Gasteiger partial charge in [0, 0.05) is 19.8 Å². The molecule has 3 nitrogen and oxygen atoms in total. The Bertz CT molecular complexity index is 242. The Morgan fingerprint density at radius 1 is 1.36 bits per heavy atom. The van der Waals surface area contributed by atoms with Crippen LogP contribution in [0.25, 0.3) is 0 Å². The second kappa shape index (κ2) is 6.60. The predicted molar refractivity (Wildman–Crippen MR) is 59.1 cm³/mol. The maximum Gasteiger partial charge on any atom is 0.0762 e. The van der Waals surface area contributed by atoms with Crippen LogP contribution < -0.4 is 5.32 Å². The molecule has 0 aliphatic carbocycles. The Morgan fingerprint density at radius 2 is 2.21 bits per heavy atom. The van der Waals surface area contributed by atoms with Gasteiger partial charge in [-0.1, -0.05) is 26.2 Å². The van der Waals surface area contributed by atoms with Gasteiger partial charge in [-0.3, -0.25) is 4.68 Å². The lowest BCUT2D eigenvalue weighted by Crippen LogP contribution is -2.15. The topological polar surface area (TPSA) is 29.9 Å². The second-order valence-corrected chi connectivity index (χ2v) is 3.72. The van der Waals surface area contributed by atoms with E-state index in [9.17, 15) is 0 Å². The van der Waals surface area contributed by atoms with E-state index in [-0.39, 0.29) is 0 Å². The summed E-state index contributed by atoms with van der Waals surface area (Å²) in [6, 6.07) is 2.05. The average molecular weight is 195 g/mol. The van der Waals surface area contributed by atoms with E-state index in [2.05, 4.69) is 23.4 Å². The van der Waals surface area contributed by atoms with Gasteiger partial charge in [-0.05, 0) is 19.0 Å². The van der Waals surface area contributed by atoms with Gasteiger partial charge >= 0.3 is 0 Å². The summed E-state index contributed by atoms with van der Waals surface area (Å²) in [4.78, 5) is 0. The van der Waals surface area contributed by atoms with E-state index in [0.29, 0.717) is 0 Å². The van der Waals surface area contributed by atoms with E-state index in [4.69, 9.17) is 0 Å². The molecule has 0 aliphatic rings. The molecule has 0 saturated carbocycles. The van der Waals surface area contributed by atoms with Gasteiger partial charge in [-0.2, -0.15) is 5.10 Å². The van der Waals surface area contributed by atoms with Crippen LogP contribution in [0.15, 0.2) is 12.3 Å². The molecule has 0 fully saturated rings. The fourth-order valence-electron chi connectivity index (χ4n) is 1.45. The Morgan fingerprint density at radius 3 is 2.86 bits per heavy atom. The summed E-state index contributed by atoms with van der Waals surface area (Å²) in [5.74, 6) is 0. The molecule has 0 aromatic carbocycles. The van der Waals surface area contributed by atoms with Crippen LogP contribution >= 0.6 is 0 Å². The largest absolute Gasteiger partial charge is 0.311 e. The summed E-state index contributed by atoms with van der Waals surface area (Å²) in [5.41, 5.74) is 1.13. The maximum absolute atomic E-state index is 4.30. The van der Waals surface area contributed by atoms with E-state index in [1.807, 2.05) is 17.9 Å². The van der Waals surface area contributed by atoms with Crippen molar-refractivity contribution in [2.45, 2.75) is 39.2 Å². The highest BCUT2D eigenvalue weighted by molar-refractivity contribution is 4.97. The van der Waals surface area contributed by atoms with Gasteiger partial charge in [0.15, 0.2) is 0 Å². The van der Waals surface area contributed by atoms with Crippen LogP contribution in [0.2, 0.25) is 0 Å². The Labute approximate surface area is 86.5 Å². The molecule has 0 radical (unpaired) electrons. The van der Waals surface area contributed by atoms with Crippen molar-refractivity contribution in [2.75, 3.05) is 6.54 Å². The molecule has 3 heteroatoms. The molecular formula is C11H21N3. The molecule has 14 heavy (non-hydrogen) atoms. The molecule has 0 aliphatic heterocycles. The highest BCUT2D eigenvalue weighted by Crippen LogP contribution is 1.98. The first kappa shape index (κ1) is 11.2. The molecule has 80 valence electrons. The van der Waals surface area contributed by atoms with Crippen LogP contribution in [-0.4, -0.2) is 16.3 Å². The zero-order chi connectivity index (χ0) is 10.2. The predicted octanol–water partition coefficient (Wildman–Crippen LogP) is 2.09. The minimum atomic E-state index is 0.896. The van der Waals surface area contributed by atoms with Gasteiger partial charge < -0.3 is 5.32 Å². The minimum absolute atomic E-state index is 0.896. The third-order valence-corrected chi connectivity index (χ3v) is 2.28. The van der Waals surface area contributed by atoms with Crippen molar-refractivity contribution in [3.8, 4) is 0 Å². The molecule has 0 amide bonds. The number of aryl methyl sites for hydroxylation is 1. The van der Waals surface area contributed by atoms with Crippen molar-refractivity contribution in [1.29, 1.82) is 0 Å². The Hall–Kier alpha value is -0.830. The van der Waals surface area contributed by atoms with Crippen LogP contribution in [0.3, 0.4) is 0 Å². The van der Waals surface area contributed by atoms with Crippen molar-refractivity contribution < 1.29 is 0 Å². The van der Waals surface area contributed by atoms with E-state index >= 15 is 0 Å².